The summed E-state index contributed by atoms with van der Waals surface area (Å²) in [5, 5.41) is 3.05. The molecule has 2 amide bonds. The maximum Gasteiger partial charge on any atom is 0.236 e. The zero-order chi connectivity index (χ0) is 19.4. The minimum Gasteiger partial charge on any atom is -0.352 e. The lowest BCUT2D eigenvalue weighted by Crippen LogP contribution is -2.34. The number of thioether (sulfide) groups is 1. The van der Waals surface area contributed by atoms with Crippen molar-refractivity contribution in [3.05, 3.63) is 70.5 Å². The maximum atomic E-state index is 12.9. The van der Waals surface area contributed by atoms with Crippen molar-refractivity contribution >= 4 is 35.2 Å². The van der Waals surface area contributed by atoms with E-state index in [1.165, 1.54) is 23.9 Å². The van der Waals surface area contributed by atoms with Crippen LogP contribution in [0.2, 0.25) is 5.02 Å². The Kier molecular flexibility index (Phi) is 6.39. The normalized spacial score (nSPS) is 19.4. The molecule has 7 heteroatoms. The molecule has 0 saturated carbocycles. The van der Waals surface area contributed by atoms with Crippen molar-refractivity contribution in [3.63, 3.8) is 0 Å². The molecule has 1 aliphatic heterocycles. The molecular weight excluding hydrogens is 387 g/mol. The zero-order valence-electron chi connectivity index (χ0n) is 14.8. The standard InChI is InChI=1S/C20H20ClFN2O2S/c1-13-19(26)24(20(27-13)16-4-2-3-5-17(16)21)11-10-18(25)23-12-14-6-8-15(22)9-7-14/h2-9,13,20H,10-12H2,1H3,(H,23,25)/t13-,20-/m1/s1. The van der Waals surface area contributed by atoms with Crippen LogP contribution in [0.1, 0.15) is 29.8 Å². The van der Waals surface area contributed by atoms with Crippen molar-refractivity contribution in [1.29, 1.82) is 0 Å². The number of carbonyl (C=O) groups excluding carboxylic acids is 2. The summed E-state index contributed by atoms with van der Waals surface area (Å²) in [5.74, 6) is -0.458. The molecule has 27 heavy (non-hydrogen) atoms. The molecule has 3 rings (SSSR count). The van der Waals surface area contributed by atoms with Crippen LogP contribution in [0.15, 0.2) is 48.5 Å². The Hall–Kier alpha value is -2.05. The third-order valence-corrected chi connectivity index (χ3v) is 6.12. The van der Waals surface area contributed by atoms with Crippen LogP contribution in [0.25, 0.3) is 0 Å². The lowest BCUT2D eigenvalue weighted by atomic mass is 10.2. The average Bonchev–Trinajstić information content (AvgIpc) is 2.94. The number of rotatable bonds is 6. The molecule has 1 heterocycles. The van der Waals surface area contributed by atoms with Gasteiger partial charge in [0.25, 0.3) is 0 Å². The van der Waals surface area contributed by atoms with Crippen LogP contribution in [0.4, 0.5) is 4.39 Å². The first-order valence-corrected chi connectivity index (χ1v) is 9.99. The Morgan fingerprint density at radius 2 is 1.93 bits per heavy atom. The van der Waals surface area contributed by atoms with E-state index in [1.54, 1.807) is 23.1 Å². The van der Waals surface area contributed by atoms with Gasteiger partial charge in [0.1, 0.15) is 11.2 Å². The average molecular weight is 407 g/mol. The Morgan fingerprint density at radius 1 is 1.22 bits per heavy atom. The molecule has 0 aliphatic carbocycles. The van der Waals surface area contributed by atoms with Gasteiger partial charge < -0.3 is 10.2 Å². The van der Waals surface area contributed by atoms with Crippen LogP contribution in [0.5, 0.6) is 0 Å². The van der Waals surface area contributed by atoms with Gasteiger partial charge in [-0.25, -0.2) is 4.39 Å². The van der Waals surface area contributed by atoms with Crippen molar-refractivity contribution in [1.82, 2.24) is 10.2 Å². The van der Waals surface area contributed by atoms with E-state index in [9.17, 15) is 14.0 Å². The van der Waals surface area contributed by atoms with E-state index in [2.05, 4.69) is 5.32 Å². The number of halogens is 2. The van der Waals surface area contributed by atoms with Crippen molar-refractivity contribution in [3.8, 4) is 0 Å². The summed E-state index contributed by atoms with van der Waals surface area (Å²) >= 11 is 7.84. The third kappa shape index (κ3) is 4.82. The van der Waals surface area contributed by atoms with Crippen molar-refractivity contribution in [2.45, 2.75) is 30.5 Å². The van der Waals surface area contributed by atoms with Gasteiger partial charge >= 0.3 is 0 Å². The number of hydrogen-bond donors (Lipinski definition) is 1. The van der Waals surface area contributed by atoms with Crippen LogP contribution >= 0.6 is 23.4 Å². The smallest absolute Gasteiger partial charge is 0.236 e. The summed E-state index contributed by atoms with van der Waals surface area (Å²) in [4.78, 5) is 26.4. The summed E-state index contributed by atoms with van der Waals surface area (Å²) in [5.41, 5.74) is 1.70. The number of amides is 2. The molecule has 1 saturated heterocycles. The van der Waals surface area contributed by atoms with Crippen LogP contribution in [0, 0.1) is 5.82 Å². The lowest BCUT2D eigenvalue weighted by molar-refractivity contribution is -0.130. The minimum absolute atomic E-state index is 0.0104. The monoisotopic (exact) mass is 406 g/mol. The highest BCUT2D eigenvalue weighted by molar-refractivity contribution is 8.01. The molecule has 0 bridgehead atoms. The zero-order valence-corrected chi connectivity index (χ0v) is 16.4. The molecule has 0 aromatic heterocycles. The summed E-state index contributed by atoms with van der Waals surface area (Å²) < 4.78 is 12.9. The van der Waals surface area contributed by atoms with Gasteiger partial charge in [-0.15, -0.1) is 11.8 Å². The molecule has 2 aromatic rings. The number of hydrogen-bond acceptors (Lipinski definition) is 3. The summed E-state index contributed by atoms with van der Waals surface area (Å²) in [6.07, 6.45) is 0.196. The summed E-state index contributed by atoms with van der Waals surface area (Å²) in [6, 6.07) is 13.4. The lowest BCUT2D eigenvalue weighted by Gasteiger charge is -2.24. The SMILES string of the molecule is C[C@H]1S[C@H](c2ccccc2Cl)N(CCC(=O)NCc2ccc(F)cc2)C1=O. The molecule has 2 atom stereocenters. The molecular formula is C20H20ClFN2O2S. The highest BCUT2D eigenvalue weighted by Gasteiger charge is 2.39. The fourth-order valence-corrected chi connectivity index (χ4v) is 4.58. The third-order valence-electron chi connectivity index (χ3n) is 4.40. The second-order valence-corrected chi connectivity index (χ2v) is 8.17. The fraction of sp³-hybridized carbons (Fsp3) is 0.300. The summed E-state index contributed by atoms with van der Waals surface area (Å²) in [6.45, 7) is 2.51. The Bertz CT molecular complexity index is 831. The fourth-order valence-electron chi connectivity index (χ4n) is 2.93. The second kappa shape index (κ2) is 8.76. The highest BCUT2D eigenvalue weighted by Crippen LogP contribution is 2.44. The highest BCUT2D eigenvalue weighted by atomic mass is 35.5. The second-order valence-electron chi connectivity index (χ2n) is 6.34. The van der Waals surface area contributed by atoms with Gasteiger partial charge in [0.05, 0.1) is 5.25 Å². The number of carbonyl (C=O) groups is 2. The minimum atomic E-state index is -0.310. The Morgan fingerprint density at radius 3 is 2.63 bits per heavy atom. The van der Waals surface area contributed by atoms with E-state index in [-0.39, 0.29) is 34.7 Å². The largest absolute Gasteiger partial charge is 0.352 e. The first kappa shape index (κ1) is 19.7. The Balaban J connectivity index is 1.59. The molecule has 142 valence electrons. The molecule has 0 radical (unpaired) electrons. The van der Waals surface area contributed by atoms with Gasteiger partial charge in [-0.05, 0) is 30.7 Å². The number of nitrogens with zero attached hydrogens (tertiary/aromatic N) is 1. The van der Waals surface area contributed by atoms with Gasteiger partial charge in [-0.3, -0.25) is 9.59 Å². The quantitative estimate of drug-likeness (QED) is 0.784. The van der Waals surface area contributed by atoms with E-state index in [4.69, 9.17) is 11.6 Å². The van der Waals surface area contributed by atoms with Gasteiger partial charge in [0, 0.05) is 30.1 Å². The predicted octanol–water partition coefficient (Wildman–Crippen LogP) is 4.15. The van der Waals surface area contributed by atoms with Gasteiger partial charge in [0.2, 0.25) is 11.8 Å². The molecule has 4 nitrogen and oxygen atoms in total. The first-order chi connectivity index (χ1) is 13.0. The summed E-state index contributed by atoms with van der Waals surface area (Å²) in [7, 11) is 0. The molecule has 1 fully saturated rings. The van der Waals surface area contributed by atoms with E-state index in [1.807, 2.05) is 25.1 Å². The van der Waals surface area contributed by atoms with Gasteiger partial charge in [-0.1, -0.05) is 41.9 Å². The van der Waals surface area contributed by atoms with Crippen molar-refractivity contribution < 1.29 is 14.0 Å². The van der Waals surface area contributed by atoms with E-state index < -0.39 is 0 Å². The molecule has 0 spiro atoms. The maximum absolute atomic E-state index is 12.9. The van der Waals surface area contributed by atoms with Crippen molar-refractivity contribution in [2.75, 3.05) is 6.54 Å². The number of benzene rings is 2. The first-order valence-electron chi connectivity index (χ1n) is 8.67. The van der Waals surface area contributed by atoms with Crippen LogP contribution in [-0.2, 0) is 16.1 Å². The predicted molar refractivity (Wildman–Crippen MR) is 106 cm³/mol. The van der Waals surface area contributed by atoms with Gasteiger partial charge in [-0.2, -0.15) is 0 Å². The Labute approximate surface area is 167 Å². The topological polar surface area (TPSA) is 49.4 Å². The molecule has 2 aromatic carbocycles. The van der Waals surface area contributed by atoms with E-state index in [0.29, 0.717) is 18.1 Å². The molecule has 1 N–H and O–H groups in total. The number of nitrogens with one attached hydrogen (secondary N) is 1. The van der Waals surface area contributed by atoms with Crippen LogP contribution < -0.4 is 5.32 Å². The van der Waals surface area contributed by atoms with E-state index in [0.717, 1.165) is 11.1 Å². The molecule has 0 unspecified atom stereocenters. The van der Waals surface area contributed by atoms with E-state index >= 15 is 0 Å². The van der Waals surface area contributed by atoms with Gasteiger partial charge in [0.15, 0.2) is 0 Å². The molecule has 1 aliphatic rings. The van der Waals surface area contributed by atoms with Crippen LogP contribution in [0.3, 0.4) is 0 Å². The van der Waals surface area contributed by atoms with Crippen molar-refractivity contribution in [2.24, 2.45) is 0 Å². The van der Waals surface area contributed by atoms with Crippen LogP contribution in [-0.4, -0.2) is 28.5 Å².